The summed E-state index contributed by atoms with van der Waals surface area (Å²) in [5.74, 6) is 4.36. The molecule has 0 aliphatic carbocycles. The number of aromatic nitrogens is 2. The van der Waals surface area contributed by atoms with Crippen LogP contribution in [-0.4, -0.2) is 45.8 Å². The van der Waals surface area contributed by atoms with Crippen molar-refractivity contribution in [2.75, 3.05) is 36.1 Å². The topological polar surface area (TPSA) is 131 Å². The van der Waals surface area contributed by atoms with Crippen LogP contribution >= 0.6 is 34.2 Å². The van der Waals surface area contributed by atoms with E-state index in [1.807, 2.05) is 0 Å². The average molecular weight is 567 g/mol. The first-order valence-electron chi connectivity index (χ1n) is 9.10. The number of ether oxygens (including phenoxy) is 1. The van der Waals surface area contributed by atoms with Gasteiger partial charge in [-0.05, 0) is 78.0 Å². The summed E-state index contributed by atoms with van der Waals surface area (Å²) in [5.41, 5.74) is 6.92. The van der Waals surface area contributed by atoms with Crippen LogP contribution in [0.25, 0.3) is 0 Å². The van der Waals surface area contributed by atoms with E-state index in [1.165, 1.54) is 0 Å². The minimum atomic E-state index is -3.10. The number of carbonyl (C=O) groups excluding carboxylic acids is 1. The zero-order chi connectivity index (χ0) is 22.1. The van der Waals surface area contributed by atoms with Gasteiger partial charge in [-0.1, -0.05) is 0 Å². The molecule has 0 aliphatic rings. The molecule has 1 aromatic heterocycles. The Kier molecular flexibility index (Phi) is 9.24. The first-order valence-corrected chi connectivity index (χ1v) is 12.3. The second-order valence-corrected chi connectivity index (χ2v) is 9.64. The fraction of sp³-hybridized carbons (Fsp3) is 0.333. The van der Waals surface area contributed by atoms with Gasteiger partial charge in [-0.3, -0.25) is 0 Å². The van der Waals surface area contributed by atoms with Crippen molar-refractivity contribution < 1.29 is 13.7 Å². The first kappa shape index (κ1) is 24.3. The van der Waals surface area contributed by atoms with Crippen molar-refractivity contribution in [2.45, 2.75) is 24.7 Å². The van der Waals surface area contributed by atoms with E-state index in [0.717, 1.165) is 16.4 Å². The van der Waals surface area contributed by atoms with E-state index in [-0.39, 0.29) is 11.9 Å². The summed E-state index contributed by atoms with van der Waals surface area (Å²) in [4.78, 5) is 20.1. The molecule has 0 aliphatic heterocycles. The monoisotopic (exact) mass is 566 g/mol. The van der Waals surface area contributed by atoms with Crippen LogP contribution in [0.5, 0.6) is 0 Å². The third kappa shape index (κ3) is 7.36. The molecule has 0 radical (unpaired) electrons. The van der Waals surface area contributed by atoms with Crippen LogP contribution < -0.4 is 21.1 Å². The number of nitrogen functional groups attached to an aromatic ring is 1. The molecule has 9 nitrogen and oxygen atoms in total. The summed E-state index contributed by atoms with van der Waals surface area (Å²) < 4.78 is 20.9. The van der Waals surface area contributed by atoms with Crippen LogP contribution in [0.1, 0.15) is 19.8 Å². The lowest BCUT2D eigenvalue weighted by molar-refractivity contribution is 0.159. The Bertz CT molecular complexity index is 990. The summed E-state index contributed by atoms with van der Waals surface area (Å²) in [6.45, 7) is 3.14. The lowest BCUT2D eigenvalue weighted by Gasteiger charge is -2.17. The van der Waals surface area contributed by atoms with Crippen molar-refractivity contribution in [1.82, 2.24) is 14.7 Å². The zero-order valence-electron chi connectivity index (χ0n) is 16.4. The van der Waals surface area contributed by atoms with E-state index in [0.29, 0.717) is 35.2 Å². The van der Waals surface area contributed by atoms with Gasteiger partial charge in [-0.25, -0.2) is 18.7 Å². The van der Waals surface area contributed by atoms with E-state index in [1.54, 1.807) is 31.3 Å². The maximum absolute atomic E-state index is 12.9. The highest BCUT2D eigenvalue weighted by atomic mass is 127. The summed E-state index contributed by atoms with van der Waals surface area (Å²) >= 11 is 7.95. The number of nitrogens with zero attached hydrogens (tertiary/aromatic N) is 2. The van der Waals surface area contributed by atoms with Gasteiger partial charge in [0.15, 0.2) is 0 Å². The number of hydrogen-bond acceptors (Lipinski definition) is 8. The van der Waals surface area contributed by atoms with E-state index >= 15 is 0 Å². The Morgan fingerprint density at radius 1 is 1.33 bits per heavy atom. The molecule has 1 heterocycles. The van der Waals surface area contributed by atoms with Crippen LogP contribution in [-0.2, 0) is 14.4 Å². The van der Waals surface area contributed by atoms with Gasteiger partial charge in [0.05, 0.1) is 30.5 Å². The van der Waals surface area contributed by atoms with Crippen LogP contribution in [0, 0.1) is 3.57 Å². The normalized spacial score (nSPS) is 12.6. The third-order valence-corrected chi connectivity index (χ3v) is 6.34. The summed E-state index contributed by atoms with van der Waals surface area (Å²) in [6, 6.07) is 4.86. The zero-order valence-corrected chi connectivity index (χ0v) is 20.1. The summed E-state index contributed by atoms with van der Waals surface area (Å²) in [5, 5.41) is 6.64. The number of nitrogens with two attached hydrogens (primary N) is 1. The van der Waals surface area contributed by atoms with Gasteiger partial charge in [0, 0.05) is 25.0 Å². The predicted molar refractivity (Wildman–Crippen MR) is 131 cm³/mol. The van der Waals surface area contributed by atoms with Gasteiger partial charge in [0.2, 0.25) is 5.28 Å². The molecule has 0 saturated heterocycles. The second-order valence-electron chi connectivity index (χ2n) is 6.15. The Hall–Kier alpha value is -1.99. The number of halogens is 2. The number of benzene rings is 1. The van der Waals surface area contributed by atoms with Crippen LogP contribution in [0.2, 0.25) is 5.28 Å². The number of hydrogen-bond donors (Lipinski definition) is 4. The molecule has 164 valence electrons. The maximum atomic E-state index is 12.9. The highest BCUT2D eigenvalue weighted by Gasteiger charge is 2.16. The van der Waals surface area contributed by atoms with Crippen LogP contribution in [0.4, 0.5) is 22.0 Å². The third-order valence-electron chi connectivity index (χ3n) is 3.81. The number of nitrogens with one attached hydrogen (secondary N) is 3. The number of unbranched alkanes of at least 4 members (excludes halogenated alkanes) is 1. The molecule has 0 fully saturated rings. The van der Waals surface area contributed by atoms with Gasteiger partial charge >= 0.3 is 6.09 Å². The van der Waals surface area contributed by atoms with Crippen molar-refractivity contribution in [3.8, 4) is 0 Å². The lowest BCUT2D eigenvalue weighted by atomic mass is 10.2. The molecular formula is C18H24ClIN6O3S. The summed E-state index contributed by atoms with van der Waals surface area (Å²) in [6.07, 6.45) is 2.54. The standard InChI is InChI=1S/C18H24ClIN6O3S/c1-3-29-18(27)26-30(2,28)15-7-6-12(21)10-14(15)22-8-4-5-9-23-16-13(20)11-24-17(19)25-16/h6-7,10-11,22H,2-5,8-9,21H2,1H3,(H,23,24,25)(H,26,27,28). The molecule has 2 rings (SSSR count). The summed E-state index contributed by atoms with van der Waals surface area (Å²) in [7, 11) is -3.10. The highest BCUT2D eigenvalue weighted by Crippen LogP contribution is 2.24. The average Bonchev–Trinajstić information content (AvgIpc) is 2.66. The van der Waals surface area contributed by atoms with Gasteiger partial charge in [-0.15, -0.1) is 0 Å². The van der Waals surface area contributed by atoms with Crippen molar-refractivity contribution >= 4 is 73.1 Å². The van der Waals surface area contributed by atoms with Gasteiger partial charge < -0.3 is 21.1 Å². The van der Waals surface area contributed by atoms with Crippen molar-refractivity contribution in [3.05, 3.63) is 33.2 Å². The lowest BCUT2D eigenvalue weighted by Crippen LogP contribution is -2.31. The van der Waals surface area contributed by atoms with Crippen molar-refractivity contribution in [1.29, 1.82) is 0 Å². The number of anilines is 3. The molecule has 0 bridgehead atoms. The van der Waals surface area contributed by atoms with Gasteiger partial charge in [0.25, 0.3) is 0 Å². The fourth-order valence-corrected chi connectivity index (χ4v) is 4.27. The minimum absolute atomic E-state index is 0.169. The fourth-order valence-electron chi connectivity index (χ4n) is 2.47. The Morgan fingerprint density at radius 3 is 2.73 bits per heavy atom. The number of amides is 1. The first-order chi connectivity index (χ1) is 14.2. The Labute approximate surface area is 194 Å². The van der Waals surface area contributed by atoms with Gasteiger partial charge in [0.1, 0.15) is 5.82 Å². The second kappa shape index (κ2) is 11.4. The molecule has 1 unspecified atom stereocenters. The van der Waals surface area contributed by atoms with Crippen LogP contribution in [0.15, 0.2) is 29.3 Å². The van der Waals surface area contributed by atoms with Gasteiger partial charge in [-0.2, -0.15) is 4.98 Å². The molecular weight excluding hydrogens is 543 g/mol. The predicted octanol–water partition coefficient (Wildman–Crippen LogP) is 3.36. The highest BCUT2D eigenvalue weighted by molar-refractivity contribution is 14.1. The molecule has 0 spiro atoms. The quantitative estimate of drug-likeness (QED) is 0.113. The van der Waals surface area contributed by atoms with E-state index < -0.39 is 15.8 Å². The van der Waals surface area contributed by atoms with E-state index in [2.05, 4.69) is 53.8 Å². The van der Waals surface area contributed by atoms with E-state index in [4.69, 9.17) is 22.1 Å². The van der Waals surface area contributed by atoms with Crippen molar-refractivity contribution in [3.63, 3.8) is 0 Å². The molecule has 1 aromatic carbocycles. The molecule has 2 aromatic rings. The molecule has 30 heavy (non-hydrogen) atoms. The molecule has 1 amide bonds. The number of rotatable bonds is 10. The van der Waals surface area contributed by atoms with E-state index in [9.17, 15) is 9.00 Å². The van der Waals surface area contributed by atoms with Crippen molar-refractivity contribution in [2.24, 2.45) is 0 Å². The number of carbonyl (C=O) groups is 1. The molecule has 12 heteroatoms. The minimum Gasteiger partial charge on any atom is -0.449 e. The molecule has 1 atom stereocenters. The Balaban J connectivity index is 1.91. The maximum Gasteiger partial charge on any atom is 0.418 e. The largest absolute Gasteiger partial charge is 0.449 e. The van der Waals surface area contributed by atoms with Crippen LogP contribution in [0.3, 0.4) is 0 Å². The Morgan fingerprint density at radius 2 is 2.03 bits per heavy atom. The molecule has 5 N–H and O–H groups in total. The molecule has 0 saturated carbocycles. The SMILES string of the molecule is C=S(=O)(NC(=O)OCC)c1ccc(N)cc1NCCCCNc1nc(Cl)ncc1I. The smallest absolute Gasteiger partial charge is 0.418 e.